The van der Waals surface area contributed by atoms with Gasteiger partial charge in [-0.1, -0.05) is 47.1 Å². The zero-order valence-electron chi connectivity index (χ0n) is 17.8. The molecule has 2 aliphatic rings. The Balaban J connectivity index is 1.26. The molecule has 1 aliphatic heterocycles. The van der Waals surface area contributed by atoms with Crippen LogP contribution in [-0.2, 0) is 20.9 Å². The molecule has 2 heterocycles. The Morgan fingerprint density at radius 1 is 1.13 bits per heavy atom. The minimum absolute atomic E-state index is 0.102. The summed E-state index contributed by atoms with van der Waals surface area (Å²) in [6.07, 6.45) is 5.86. The standard InChI is InChI=1S/C23H26N4O4/c1-15-9-11-16(12-10-15)21-24-19(31-25-21)14-26(2)20(28)8-5-13-27-22(29)17-6-3-4-7-18(17)23(27)30/h3-4,9-12,17-18H,5-8,13-14H2,1-2H3/t17-,18+. The molecule has 1 aromatic heterocycles. The number of fused-ring (bicyclic) bond motifs is 1. The summed E-state index contributed by atoms with van der Waals surface area (Å²) in [6, 6.07) is 7.79. The second-order valence-electron chi connectivity index (χ2n) is 8.22. The molecule has 2 aromatic rings. The summed E-state index contributed by atoms with van der Waals surface area (Å²) in [7, 11) is 1.67. The number of rotatable bonds is 7. The van der Waals surface area contributed by atoms with Crippen molar-refractivity contribution in [3.05, 3.63) is 47.9 Å². The van der Waals surface area contributed by atoms with Gasteiger partial charge in [0.2, 0.25) is 29.4 Å². The SMILES string of the molecule is Cc1ccc(-c2noc(CN(C)C(=O)CCCN3C(=O)[C@H]4CC=CC[C@H]4C3=O)n2)cc1. The first-order valence-corrected chi connectivity index (χ1v) is 10.6. The van der Waals surface area contributed by atoms with Gasteiger partial charge in [-0.25, -0.2) is 0 Å². The van der Waals surface area contributed by atoms with Crippen molar-refractivity contribution >= 4 is 17.7 Å². The Hall–Kier alpha value is -3.29. The molecule has 0 unspecified atom stereocenters. The third-order valence-electron chi connectivity index (χ3n) is 5.95. The summed E-state index contributed by atoms with van der Waals surface area (Å²) in [4.78, 5) is 44.7. The van der Waals surface area contributed by atoms with Gasteiger partial charge in [0.15, 0.2) is 0 Å². The van der Waals surface area contributed by atoms with Gasteiger partial charge in [-0.3, -0.25) is 19.3 Å². The van der Waals surface area contributed by atoms with Gasteiger partial charge in [-0.15, -0.1) is 0 Å². The van der Waals surface area contributed by atoms with Gasteiger partial charge in [0.05, 0.1) is 18.4 Å². The van der Waals surface area contributed by atoms with Crippen LogP contribution in [0.15, 0.2) is 40.9 Å². The second-order valence-corrected chi connectivity index (χ2v) is 8.22. The van der Waals surface area contributed by atoms with Crippen molar-refractivity contribution in [2.75, 3.05) is 13.6 Å². The van der Waals surface area contributed by atoms with Gasteiger partial charge in [0.25, 0.3) is 0 Å². The number of imide groups is 1. The van der Waals surface area contributed by atoms with Gasteiger partial charge >= 0.3 is 0 Å². The number of carbonyl (C=O) groups excluding carboxylic acids is 3. The van der Waals surface area contributed by atoms with E-state index >= 15 is 0 Å². The normalized spacial score (nSPS) is 20.3. The van der Waals surface area contributed by atoms with Crippen molar-refractivity contribution in [3.63, 3.8) is 0 Å². The molecule has 3 amide bonds. The van der Waals surface area contributed by atoms with Crippen LogP contribution in [0.4, 0.5) is 0 Å². The van der Waals surface area contributed by atoms with Crippen LogP contribution < -0.4 is 0 Å². The summed E-state index contributed by atoms with van der Waals surface area (Å²) in [6.45, 7) is 2.49. The molecule has 1 aromatic carbocycles. The largest absolute Gasteiger partial charge is 0.337 e. The van der Waals surface area contributed by atoms with Crippen LogP contribution in [-0.4, -0.2) is 51.3 Å². The highest BCUT2D eigenvalue weighted by Crippen LogP contribution is 2.35. The predicted molar refractivity (Wildman–Crippen MR) is 112 cm³/mol. The molecule has 1 fully saturated rings. The van der Waals surface area contributed by atoms with E-state index < -0.39 is 0 Å². The average molecular weight is 422 g/mol. The highest BCUT2D eigenvalue weighted by molar-refractivity contribution is 6.05. The van der Waals surface area contributed by atoms with Gasteiger partial charge in [0, 0.05) is 25.6 Å². The van der Waals surface area contributed by atoms with Crippen LogP contribution in [0.2, 0.25) is 0 Å². The van der Waals surface area contributed by atoms with Gasteiger partial charge in [0.1, 0.15) is 0 Å². The topological polar surface area (TPSA) is 96.6 Å². The lowest BCUT2D eigenvalue weighted by Gasteiger charge is -2.17. The zero-order valence-corrected chi connectivity index (χ0v) is 17.8. The number of nitrogens with zero attached hydrogens (tertiary/aromatic N) is 4. The molecule has 0 radical (unpaired) electrons. The summed E-state index contributed by atoms with van der Waals surface area (Å²) in [5.74, 6) is 0.0792. The van der Waals surface area contributed by atoms with E-state index in [2.05, 4.69) is 10.1 Å². The fraction of sp³-hybridized carbons (Fsp3) is 0.435. The molecular weight excluding hydrogens is 396 g/mol. The first kappa shape index (κ1) is 21.0. The summed E-state index contributed by atoms with van der Waals surface area (Å²) in [5.41, 5.74) is 2.00. The van der Waals surface area contributed by atoms with E-state index in [0.29, 0.717) is 31.0 Å². The van der Waals surface area contributed by atoms with Crippen LogP contribution in [0.25, 0.3) is 11.4 Å². The van der Waals surface area contributed by atoms with Gasteiger partial charge < -0.3 is 9.42 Å². The smallest absolute Gasteiger partial charge is 0.246 e. The summed E-state index contributed by atoms with van der Waals surface area (Å²) >= 11 is 0. The zero-order chi connectivity index (χ0) is 22.0. The van der Waals surface area contributed by atoms with Crippen molar-refractivity contribution in [1.82, 2.24) is 19.9 Å². The Kier molecular flexibility index (Phi) is 5.97. The highest BCUT2D eigenvalue weighted by atomic mass is 16.5. The van der Waals surface area contributed by atoms with Crippen molar-refractivity contribution in [2.45, 2.75) is 39.2 Å². The van der Waals surface area contributed by atoms with Crippen LogP contribution in [0, 0.1) is 18.8 Å². The van der Waals surface area contributed by atoms with E-state index in [1.54, 1.807) is 7.05 Å². The Bertz CT molecular complexity index is 985. The number of amides is 3. The lowest BCUT2D eigenvalue weighted by Crippen LogP contribution is -2.33. The molecule has 8 nitrogen and oxygen atoms in total. The number of aryl methyl sites for hydroxylation is 1. The van der Waals surface area contributed by atoms with E-state index in [1.165, 1.54) is 9.80 Å². The van der Waals surface area contributed by atoms with Crippen LogP contribution in [0.1, 0.15) is 37.1 Å². The number of benzene rings is 1. The molecule has 4 rings (SSSR count). The van der Waals surface area contributed by atoms with Crippen LogP contribution in [0.5, 0.6) is 0 Å². The lowest BCUT2D eigenvalue weighted by molar-refractivity contribution is -0.140. The van der Waals surface area contributed by atoms with E-state index in [9.17, 15) is 14.4 Å². The van der Waals surface area contributed by atoms with E-state index in [1.807, 2.05) is 43.3 Å². The minimum Gasteiger partial charge on any atom is -0.337 e. The quantitative estimate of drug-likeness (QED) is 0.503. The van der Waals surface area contributed by atoms with Crippen molar-refractivity contribution in [3.8, 4) is 11.4 Å². The molecule has 0 bridgehead atoms. The van der Waals surface area contributed by atoms with Crippen molar-refractivity contribution < 1.29 is 18.9 Å². The Morgan fingerprint density at radius 2 is 1.77 bits per heavy atom. The third kappa shape index (κ3) is 4.42. The molecule has 162 valence electrons. The first-order chi connectivity index (χ1) is 14.9. The fourth-order valence-corrected chi connectivity index (χ4v) is 4.10. The average Bonchev–Trinajstić information content (AvgIpc) is 3.33. The molecule has 2 atom stereocenters. The minimum atomic E-state index is -0.226. The number of likely N-dealkylation sites (tertiary alicyclic amines) is 1. The highest BCUT2D eigenvalue weighted by Gasteiger charge is 2.46. The van der Waals surface area contributed by atoms with Gasteiger partial charge in [-0.2, -0.15) is 4.98 Å². The molecule has 0 N–H and O–H groups in total. The maximum absolute atomic E-state index is 12.5. The number of hydrogen-bond donors (Lipinski definition) is 0. The second kappa shape index (κ2) is 8.83. The molecular formula is C23H26N4O4. The monoisotopic (exact) mass is 422 g/mol. The molecule has 31 heavy (non-hydrogen) atoms. The maximum atomic E-state index is 12.5. The summed E-state index contributed by atoms with van der Waals surface area (Å²) < 4.78 is 5.28. The van der Waals surface area contributed by atoms with Crippen molar-refractivity contribution in [2.24, 2.45) is 11.8 Å². The number of aromatic nitrogens is 2. The molecule has 0 spiro atoms. The van der Waals surface area contributed by atoms with E-state index in [-0.39, 0.29) is 49.1 Å². The molecule has 1 saturated heterocycles. The number of carbonyl (C=O) groups is 3. The van der Waals surface area contributed by atoms with Crippen LogP contribution in [0.3, 0.4) is 0 Å². The number of hydrogen-bond acceptors (Lipinski definition) is 6. The molecule has 0 saturated carbocycles. The summed E-state index contributed by atoms with van der Waals surface area (Å²) in [5, 5.41) is 3.98. The first-order valence-electron chi connectivity index (χ1n) is 10.6. The van der Waals surface area contributed by atoms with E-state index in [0.717, 1.165) is 11.1 Å². The fourth-order valence-electron chi connectivity index (χ4n) is 4.10. The lowest BCUT2D eigenvalue weighted by atomic mass is 9.85. The third-order valence-corrected chi connectivity index (χ3v) is 5.95. The molecule has 1 aliphatic carbocycles. The van der Waals surface area contributed by atoms with E-state index in [4.69, 9.17) is 4.52 Å². The predicted octanol–water partition coefficient (Wildman–Crippen LogP) is 2.73. The Morgan fingerprint density at radius 3 is 2.42 bits per heavy atom. The number of allylic oxidation sites excluding steroid dienone is 2. The Labute approximate surface area is 180 Å². The maximum Gasteiger partial charge on any atom is 0.246 e. The van der Waals surface area contributed by atoms with Crippen molar-refractivity contribution in [1.29, 1.82) is 0 Å². The molecule has 8 heteroatoms. The van der Waals surface area contributed by atoms with Gasteiger partial charge in [-0.05, 0) is 26.2 Å². The van der Waals surface area contributed by atoms with Crippen LogP contribution >= 0.6 is 0 Å².